The van der Waals surface area contributed by atoms with Gasteiger partial charge in [-0.25, -0.2) is 0 Å². The first-order valence-corrected chi connectivity index (χ1v) is 8.82. The number of morpholine rings is 1. The molecule has 0 atom stereocenters. The van der Waals surface area contributed by atoms with Crippen LogP contribution in [0.2, 0.25) is 0 Å². The Morgan fingerprint density at radius 3 is 2.42 bits per heavy atom. The summed E-state index contributed by atoms with van der Waals surface area (Å²) in [5.41, 5.74) is 1.29. The highest BCUT2D eigenvalue weighted by molar-refractivity contribution is 14.0. The van der Waals surface area contributed by atoms with Crippen LogP contribution in [0.25, 0.3) is 0 Å². The normalized spacial score (nSPS) is 16.4. The lowest BCUT2D eigenvalue weighted by Crippen LogP contribution is -2.56. The molecule has 1 saturated heterocycles. The number of nitrogens with one attached hydrogen (secondary N) is 2. The van der Waals surface area contributed by atoms with Crippen molar-refractivity contribution >= 4 is 45.9 Å². The SMILES string of the molecule is CN=C(NCc1ccc(Br)cc1)NCC(C)(C)N1CCOCC1.I. The van der Waals surface area contributed by atoms with Crippen LogP contribution in [0.15, 0.2) is 33.7 Å². The fourth-order valence-electron chi connectivity index (χ4n) is 2.59. The number of rotatable bonds is 5. The van der Waals surface area contributed by atoms with Crippen molar-refractivity contribution in [1.29, 1.82) is 0 Å². The maximum Gasteiger partial charge on any atom is 0.191 e. The van der Waals surface area contributed by atoms with Gasteiger partial charge in [0.25, 0.3) is 0 Å². The maximum absolute atomic E-state index is 5.44. The molecule has 0 spiro atoms. The zero-order chi connectivity index (χ0) is 16.7. The van der Waals surface area contributed by atoms with Crippen molar-refractivity contribution in [2.24, 2.45) is 4.99 Å². The van der Waals surface area contributed by atoms with Crippen LogP contribution in [0.1, 0.15) is 19.4 Å². The molecule has 0 unspecified atom stereocenters. The average Bonchev–Trinajstić information content (AvgIpc) is 2.57. The largest absolute Gasteiger partial charge is 0.379 e. The minimum absolute atomic E-state index is 0. The van der Waals surface area contributed by atoms with Crippen LogP contribution in [0, 0.1) is 0 Å². The number of hydrogen-bond donors (Lipinski definition) is 2. The second-order valence-electron chi connectivity index (χ2n) is 6.32. The van der Waals surface area contributed by atoms with E-state index in [1.807, 2.05) is 0 Å². The Hall–Kier alpha value is -0.380. The summed E-state index contributed by atoms with van der Waals surface area (Å²) in [5.74, 6) is 0.828. The monoisotopic (exact) mass is 510 g/mol. The van der Waals surface area contributed by atoms with E-state index < -0.39 is 0 Å². The summed E-state index contributed by atoms with van der Waals surface area (Å²) in [5, 5.41) is 6.80. The van der Waals surface area contributed by atoms with Crippen molar-refractivity contribution in [3.8, 4) is 0 Å². The lowest BCUT2D eigenvalue weighted by Gasteiger charge is -2.41. The lowest BCUT2D eigenvalue weighted by molar-refractivity contribution is -0.00834. The van der Waals surface area contributed by atoms with Crippen LogP contribution in [0.5, 0.6) is 0 Å². The van der Waals surface area contributed by atoms with Gasteiger partial charge in [-0.15, -0.1) is 24.0 Å². The quantitative estimate of drug-likeness (QED) is 0.363. The molecule has 7 heteroatoms. The second-order valence-corrected chi connectivity index (χ2v) is 7.23. The Balaban J connectivity index is 0.00000288. The number of nitrogens with zero attached hydrogens (tertiary/aromatic N) is 2. The van der Waals surface area contributed by atoms with Gasteiger partial charge in [-0.2, -0.15) is 0 Å². The van der Waals surface area contributed by atoms with E-state index >= 15 is 0 Å². The zero-order valence-corrected chi connectivity index (χ0v) is 18.6. The smallest absolute Gasteiger partial charge is 0.191 e. The summed E-state index contributed by atoms with van der Waals surface area (Å²) in [6.07, 6.45) is 0. The molecule has 0 saturated carbocycles. The summed E-state index contributed by atoms with van der Waals surface area (Å²) < 4.78 is 6.53. The molecule has 136 valence electrons. The molecule has 0 bridgehead atoms. The number of guanidine groups is 1. The van der Waals surface area contributed by atoms with Crippen molar-refractivity contribution < 1.29 is 4.74 Å². The Bertz CT molecular complexity index is 516. The Morgan fingerprint density at radius 1 is 1.21 bits per heavy atom. The number of halogens is 2. The van der Waals surface area contributed by atoms with Gasteiger partial charge in [0.2, 0.25) is 0 Å². The lowest BCUT2D eigenvalue weighted by atomic mass is 10.0. The van der Waals surface area contributed by atoms with Crippen LogP contribution in [0.3, 0.4) is 0 Å². The molecular weight excluding hydrogens is 483 g/mol. The van der Waals surface area contributed by atoms with Gasteiger partial charge < -0.3 is 15.4 Å². The van der Waals surface area contributed by atoms with Gasteiger partial charge in [0.15, 0.2) is 5.96 Å². The highest BCUT2D eigenvalue weighted by atomic mass is 127. The molecular formula is C17H28BrIN4O. The minimum Gasteiger partial charge on any atom is -0.379 e. The van der Waals surface area contributed by atoms with Gasteiger partial charge in [0.05, 0.1) is 13.2 Å². The van der Waals surface area contributed by atoms with E-state index in [0.717, 1.165) is 49.8 Å². The molecule has 1 aromatic rings. The summed E-state index contributed by atoms with van der Waals surface area (Å²) in [4.78, 5) is 6.77. The summed E-state index contributed by atoms with van der Waals surface area (Å²) in [6.45, 7) is 9.72. The Morgan fingerprint density at radius 2 is 1.83 bits per heavy atom. The fraction of sp³-hybridized carbons (Fsp3) is 0.588. The summed E-state index contributed by atoms with van der Waals surface area (Å²) in [6, 6.07) is 8.30. The second kappa shape index (κ2) is 10.6. The predicted octanol–water partition coefficient (Wildman–Crippen LogP) is 2.84. The number of ether oxygens (including phenoxy) is 1. The van der Waals surface area contributed by atoms with Gasteiger partial charge >= 0.3 is 0 Å². The number of aliphatic imine (C=N–C) groups is 1. The third kappa shape index (κ3) is 6.85. The van der Waals surface area contributed by atoms with Gasteiger partial charge in [0.1, 0.15) is 0 Å². The minimum atomic E-state index is 0. The molecule has 0 aliphatic carbocycles. The molecule has 24 heavy (non-hydrogen) atoms. The van der Waals surface area contributed by atoms with E-state index in [9.17, 15) is 0 Å². The van der Waals surface area contributed by atoms with Crippen molar-refractivity contribution in [1.82, 2.24) is 15.5 Å². The van der Waals surface area contributed by atoms with E-state index in [1.54, 1.807) is 7.05 Å². The maximum atomic E-state index is 5.44. The highest BCUT2D eigenvalue weighted by Gasteiger charge is 2.28. The first kappa shape index (κ1) is 21.7. The van der Waals surface area contributed by atoms with Crippen LogP contribution < -0.4 is 10.6 Å². The van der Waals surface area contributed by atoms with Crippen molar-refractivity contribution in [3.63, 3.8) is 0 Å². The van der Waals surface area contributed by atoms with Crippen LogP contribution in [-0.4, -0.2) is 56.3 Å². The van der Waals surface area contributed by atoms with Gasteiger partial charge in [-0.3, -0.25) is 9.89 Å². The molecule has 0 radical (unpaired) electrons. The molecule has 1 aromatic carbocycles. The highest BCUT2D eigenvalue weighted by Crippen LogP contribution is 2.15. The molecule has 1 aliphatic heterocycles. The number of hydrogen-bond acceptors (Lipinski definition) is 3. The van der Waals surface area contributed by atoms with Crippen LogP contribution >= 0.6 is 39.9 Å². The fourth-order valence-corrected chi connectivity index (χ4v) is 2.85. The molecule has 1 fully saturated rings. The van der Waals surface area contributed by atoms with E-state index in [-0.39, 0.29) is 29.5 Å². The van der Waals surface area contributed by atoms with Crippen LogP contribution in [0.4, 0.5) is 0 Å². The molecule has 0 aromatic heterocycles. The third-order valence-electron chi connectivity index (χ3n) is 4.15. The molecule has 5 nitrogen and oxygen atoms in total. The van der Waals surface area contributed by atoms with Crippen molar-refractivity contribution in [2.45, 2.75) is 25.9 Å². The standard InChI is InChI=1S/C17H27BrN4O.HI/c1-17(2,22-8-10-23-11-9-22)13-21-16(19-3)20-12-14-4-6-15(18)7-5-14;/h4-7H,8-13H2,1-3H3,(H2,19,20,21);1H. The van der Waals surface area contributed by atoms with E-state index in [1.165, 1.54) is 5.56 Å². The molecule has 0 amide bonds. The predicted molar refractivity (Wildman–Crippen MR) is 114 cm³/mol. The molecule has 1 aliphatic rings. The summed E-state index contributed by atoms with van der Waals surface area (Å²) >= 11 is 3.45. The van der Waals surface area contributed by atoms with E-state index in [2.05, 4.69) is 74.6 Å². The molecule has 1 heterocycles. The molecule has 2 N–H and O–H groups in total. The topological polar surface area (TPSA) is 48.9 Å². The van der Waals surface area contributed by atoms with Crippen LogP contribution in [-0.2, 0) is 11.3 Å². The third-order valence-corrected chi connectivity index (χ3v) is 4.68. The number of benzene rings is 1. The van der Waals surface area contributed by atoms with Crippen molar-refractivity contribution in [3.05, 3.63) is 34.3 Å². The zero-order valence-electron chi connectivity index (χ0n) is 14.6. The average molecular weight is 511 g/mol. The first-order chi connectivity index (χ1) is 11.0. The molecule has 2 rings (SSSR count). The van der Waals surface area contributed by atoms with E-state index in [4.69, 9.17) is 4.74 Å². The van der Waals surface area contributed by atoms with E-state index in [0.29, 0.717) is 0 Å². The Kier molecular flexibility index (Phi) is 9.54. The Labute approximate surface area is 170 Å². The summed E-state index contributed by atoms with van der Waals surface area (Å²) in [7, 11) is 1.80. The first-order valence-electron chi connectivity index (χ1n) is 8.03. The van der Waals surface area contributed by atoms with Gasteiger partial charge in [0, 0.05) is 43.2 Å². The van der Waals surface area contributed by atoms with Crippen molar-refractivity contribution in [2.75, 3.05) is 39.9 Å². The van der Waals surface area contributed by atoms with Gasteiger partial charge in [-0.05, 0) is 31.5 Å². The van der Waals surface area contributed by atoms with Gasteiger partial charge in [-0.1, -0.05) is 28.1 Å².